The zero-order valence-electron chi connectivity index (χ0n) is 9.95. The van der Waals surface area contributed by atoms with Gasteiger partial charge in [-0.05, 0) is 17.7 Å². The first-order chi connectivity index (χ1) is 8.31. The van der Waals surface area contributed by atoms with Gasteiger partial charge >= 0.3 is 0 Å². The van der Waals surface area contributed by atoms with Gasteiger partial charge in [0.05, 0.1) is 13.1 Å². The van der Waals surface area contributed by atoms with E-state index in [4.69, 9.17) is 9.47 Å². The van der Waals surface area contributed by atoms with E-state index in [1.54, 1.807) is 0 Å². The molecule has 1 aromatic rings. The minimum atomic E-state index is 0.350. The number of nitrogens with zero attached hydrogens (tertiary/aromatic N) is 1. The third-order valence-corrected chi connectivity index (χ3v) is 3.41. The summed E-state index contributed by atoms with van der Waals surface area (Å²) < 4.78 is 10.7. The highest BCUT2D eigenvalue weighted by Crippen LogP contribution is 2.32. The summed E-state index contributed by atoms with van der Waals surface area (Å²) in [6.07, 6.45) is 0. The fourth-order valence-electron chi connectivity index (χ4n) is 2.32. The van der Waals surface area contributed by atoms with Gasteiger partial charge in [-0.1, -0.05) is 6.07 Å². The summed E-state index contributed by atoms with van der Waals surface area (Å²) in [5.41, 5.74) is 1.29. The fraction of sp³-hybridized carbons (Fsp3) is 0.462. The molecular formula is C13H18N2O2. The summed E-state index contributed by atoms with van der Waals surface area (Å²) in [4.78, 5) is 3.85. The molecular weight excluding hydrogens is 216 g/mol. The average Bonchev–Trinajstić information content (AvgIpc) is 2.79. The van der Waals surface area contributed by atoms with Gasteiger partial charge in [0.1, 0.15) is 0 Å². The maximum Gasteiger partial charge on any atom is 0.231 e. The number of hydrogen-bond acceptors (Lipinski definition) is 3. The van der Waals surface area contributed by atoms with Crippen LogP contribution in [0.2, 0.25) is 0 Å². The normalized spacial score (nSPS) is 20.8. The van der Waals surface area contributed by atoms with Crippen molar-refractivity contribution in [1.82, 2.24) is 4.90 Å². The second-order valence-corrected chi connectivity index (χ2v) is 4.71. The number of hydrogen-bond donors (Lipinski definition) is 1. The molecule has 0 atom stereocenters. The lowest BCUT2D eigenvalue weighted by Gasteiger charge is -2.33. The molecule has 1 fully saturated rings. The first-order valence-corrected chi connectivity index (χ1v) is 6.09. The Balaban J connectivity index is 1.65. The van der Waals surface area contributed by atoms with Crippen molar-refractivity contribution in [2.75, 3.05) is 33.0 Å². The number of quaternary nitrogens is 1. The van der Waals surface area contributed by atoms with Gasteiger partial charge < -0.3 is 14.4 Å². The lowest BCUT2D eigenvalue weighted by Crippen LogP contribution is -3.09. The first-order valence-electron chi connectivity index (χ1n) is 6.09. The number of fused-ring (bicyclic) bond motifs is 1. The molecule has 3 rings (SSSR count). The van der Waals surface area contributed by atoms with Crippen molar-refractivity contribution in [2.24, 2.45) is 0 Å². The zero-order valence-corrected chi connectivity index (χ0v) is 9.95. The van der Waals surface area contributed by atoms with E-state index in [1.165, 1.54) is 10.5 Å². The van der Waals surface area contributed by atoms with Crippen LogP contribution in [-0.2, 0) is 6.54 Å². The summed E-state index contributed by atoms with van der Waals surface area (Å²) >= 11 is 0. The van der Waals surface area contributed by atoms with Crippen LogP contribution in [0.1, 0.15) is 5.56 Å². The molecule has 0 aliphatic carbocycles. The second-order valence-electron chi connectivity index (χ2n) is 4.71. The standard InChI is InChI=1S/C13H18N2O2/c1-14-4-6-15(7-5-14)9-11-2-3-12-13(8-11)17-10-16-12/h2-3,8,14H,1,4-7,9-10H2. The Hall–Kier alpha value is -1.26. The highest BCUT2D eigenvalue weighted by Gasteiger charge is 2.17. The quantitative estimate of drug-likeness (QED) is 0.724. The predicted molar refractivity (Wildman–Crippen MR) is 63.9 cm³/mol. The van der Waals surface area contributed by atoms with E-state index in [-0.39, 0.29) is 0 Å². The summed E-state index contributed by atoms with van der Waals surface area (Å²) in [5.74, 6) is 1.74. The van der Waals surface area contributed by atoms with Crippen molar-refractivity contribution in [3.63, 3.8) is 0 Å². The van der Waals surface area contributed by atoms with Gasteiger partial charge in [-0.3, -0.25) is 4.90 Å². The SMILES string of the molecule is [CH2-][NH+]1CCN(Cc2ccc3c(c2)OCO3)CC1. The third kappa shape index (κ3) is 2.37. The van der Waals surface area contributed by atoms with Crippen molar-refractivity contribution in [3.05, 3.63) is 30.8 Å². The van der Waals surface area contributed by atoms with Crippen molar-refractivity contribution >= 4 is 0 Å². The molecule has 0 amide bonds. The average molecular weight is 234 g/mol. The van der Waals surface area contributed by atoms with Crippen LogP contribution in [-0.4, -0.2) is 37.9 Å². The van der Waals surface area contributed by atoms with Gasteiger partial charge in [-0.25, -0.2) is 0 Å². The number of ether oxygens (including phenoxy) is 2. The largest absolute Gasteiger partial charge is 0.466 e. The molecule has 0 saturated carbocycles. The summed E-state index contributed by atoms with van der Waals surface area (Å²) in [5, 5.41) is 0. The zero-order chi connectivity index (χ0) is 11.7. The van der Waals surface area contributed by atoms with E-state index in [2.05, 4.69) is 24.1 Å². The Morgan fingerprint density at radius 2 is 1.94 bits per heavy atom. The van der Waals surface area contributed by atoms with Crippen molar-refractivity contribution in [1.29, 1.82) is 0 Å². The van der Waals surface area contributed by atoms with Crippen LogP contribution in [0.25, 0.3) is 0 Å². The van der Waals surface area contributed by atoms with Gasteiger partial charge in [-0.2, -0.15) is 7.05 Å². The smallest absolute Gasteiger partial charge is 0.231 e. The molecule has 92 valence electrons. The molecule has 2 aliphatic rings. The van der Waals surface area contributed by atoms with E-state index in [1.807, 2.05) is 6.07 Å². The number of piperazine rings is 1. The third-order valence-electron chi connectivity index (χ3n) is 3.41. The molecule has 17 heavy (non-hydrogen) atoms. The topological polar surface area (TPSA) is 26.1 Å². The fourth-order valence-corrected chi connectivity index (χ4v) is 2.32. The Morgan fingerprint density at radius 1 is 1.18 bits per heavy atom. The Morgan fingerprint density at radius 3 is 2.76 bits per heavy atom. The van der Waals surface area contributed by atoms with Crippen molar-refractivity contribution in [3.8, 4) is 11.5 Å². The van der Waals surface area contributed by atoms with E-state index in [9.17, 15) is 0 Å². The van der Waals surface area contributed by atoms with E-state index in [0.717, 1.165) is 44.2 Å². The highest BCUT2D eigenvalue weighted by molar-refractivity contribution is 5.44. The number of benzene rings is 1. The number of rotatable bonds is 2. The van der Waals surface area contributed by atoms with Crippen LogP contribution in [0, 0.1) is 7.05 Å². The van der Waals surface area contributed by atoms with E-state index < -0.39 is 0 Å². The van der Waals surface area contributed by atoms with Crippen LogP contribution in [0.15, 0.2) is 18.2 Å². The van der Waals surface area contributed by atoms with E-state index >= 15 is 0 Å². The second kappa shape index (κ2) is 4.55. The van der Waals surface area contributed by atoms with Gasteiger partial charge in [-0.15, -0.1) is 0 Å². The molecule has 4 heteroatoms. The van der Waals surface area contributed by atoms with Gasteiger partial charge in [0.25, 0.3) is 0 Å². The highest BCUT2D eigenvalue weighted by atomic mass is 16.7. The summed E-state index contributed by atoms with van der Waals surface area (Å²) in [7, 11) is 4.04. The molecule has 2 heterocycles. The summed E-state index contributed by atoms with van der Waals surface area (Å²) in [6.45, 7) is 5.84. The molecule has 0 bridgehead atoms. The molecule has 1 aromatic carbocycles. The molecule has 1 N–H and O–H groups in total. The maximum absolute atomic E-state index is 5.39. The summed E-state index contributed by atoms with van der Waals surface area (Å²) in [6, 6.07) is 6.21. The van der Waals surface area contributed by atoms with Crippen LogP contribution < -0.4 is 14.4 Å². The Bertz CT molecular complexity index is 400. The molecule has 0 unspecified atom stereocenters. The van der Waals surface area contributed by atoms with Gasteiger partial charge in [0.15, 0.2) is 11.5 Å². The van der Waals surface area contributed by atoms with Crippen LogP contribution >= 0.6 is 0 Å². The van der Waals surface area contributed by atoms with Crippen molar-refractivity contribution in [2.45, 2.75) is 6.54 Å². The maximum atomic E-state index is 5.39. The lowest BCUT2D eigenvalue weighted by molar-refractivity contribution is -0.858. The predicted octanol–water partition coefficient (Wildman–Crippen LogP) is -0.0926. The monoisotopic (exact) mass is 234 g/mol. The Kier molecular flexibility index (Phi) is 2.91. The molecule has 0 radical (unpaired) electrons. The number of nitrogens with one attached hydrogen (secondary N) is 1. The van der Waals surface area contributed by atoms with Crippen LogP contribution in [0.4, 0.5) is 0 Å². The first kappa shape index (κ1) is 10.9. The molecule has 0 aromatic heterocycles. The molecule has 2 aliphatic heterocycles. The van der Waals surface area contributed by atoms with Gasteiger partial charge in [0.2, 0.25) is 6.79 Å². The van der Waals surface area contributed by atoms with E-state index in [0.29, 0.717) is 6.79 Å². The molecule has 1 saturated heterocycles. The molecule has 4 nitrogen and oxygen atoms in total. The van der Waals surface area contributed by atoms with Crippen LogP contribution in [0.3, 0.4) is 0 Å². The minimum Gasteiger partial charge on any atom is -0.466 e. The van der Waals surface area contributed by atoms with Crippen LogP contribution in [0.5, 0.6) is 11.5 Å². The van der Waals surface area contributed by atoms with Gasteiger partial charge in [0, 0.05) is 19.6 Å². The minimum absolute atomic E-state index is 0.350. The Labute approximate surface area is 102 Å². The van der Waals surface area contributed by atoms with Crippen molar-refractivity contribution < 1.29 is 14.4 Å². The lowest BCUT2D eigenvalue weighted by atomic mass is 10.2. The molecule has 0 spiro atoms.